The van der Waals surface area contributed by atoms with E-state index in [1.807, 2.05) is 30.3 Å². The number of ether oxygens (including phenoxy) is 1. The van der Waals surface area contributed by atoms with Crippen LogP contribution in [-0.2, 0) is 0 Å². The Labute approximate surface area is 225 Å². The Balaban J connectivity index is 1.41. The second-order valence-corrected chi connectivity index (χ2v) is 10.0. The van der Waals surface area contributed by atoms with Crippen molar-refractivity contribution in [2.75, 3.05) is 45.1 Å². The molecule has 0 amide bonds. The summed E-state index contributed by atoms with van der Waals surface area (Å²) in [5.41, 5.74) is 8.95. The van der Waals surface area contributed by atoms with Gasteiger partial charge in [-0.3, -0.25) is 4.90 Å². The number of rotatable bonds is 9. The third kappa shape index (κ3) is 8.66. The number of aliphatic hydroxyl groups is 1. The molecule has 9 heteroatoms. The van der Waals surface area contributed by atoms with Gasteiger partial charge in [0.1, 0.15) is 5.75 Å². The molecule has 1 aliphatic rings. The topological polar surface area (TPSA) is 62.0 Å². The van der Waals surface area contributed by atoms with Gasteiger partial charge in [0.2, 0.25) is 0 Å². The molecule has 0 aromatic heterocycles. The second-order valence-electron chi connectivity index (χ2n) is 8.83. The van der Waals surface area contributed by atoms with E-state index in [2.05, 4.69) is 13.9 Å². The zero-order valence-electron chi connectivity index (χ0n) is 20.8. The summed E-state index contributed by atoms with van der Waals surface area (Å²) in [5, 5.41) is 9.08. The van der Waals surface area contributed by atoms with Gasteiger partial charge in [-0.1, -0.05) is 60.7 Å². The molecule has 1 saturated heterocycles. The number of nitrogen functional groups attached to an aromatic ring is 1. The van der Waals surface area contributed by atoms with E-state index in [9.17, 15) is 13.2 Å². The Kier molecular flexibility index (Phi) is 9.52. The van der Waals surface area contributed by atoms with Crippen molar-refractivity contribution in [2.24, 2.45) is 0 Å². The van der Waals surface area contributed by atoms with Crippen molar-refractivity contribution in [2.45, 2.75) is 11.3 Å². The highest BCUT2D eigenvalue weighted by atomic mass is 32.2. The summed E-state index contributed by atoms with van der Waals surface area (Å²) in [6, 6.07) is 19.8. The van der Waals surface area contributed by atoms with Crippen LogP contribution in [0.2, 0.25) is 0 Å². The van der Waals surface area contributed by atoms with Gasteiger partial charge in [0.15, 0.2) is 0 Å². The molecular weight excluding hydrogens is 511 g/mol. The molecule has 3 N–H and O–H groups in total. The number of hydrogen-bond acceptors (Lipinski definition) is 6. The smallest absolute Gasteiger partial charge is 0.405 e. The lowest BCUT2D eigenvalue weighted by Crippen LogP contribution is -2.44. The zero-order valence-corrected chi connectivity index (χ0v) is 21.6. The normalized spacial score (nSPS) is 15.5. The fourth-order valence-corrected chi connectivity index (χ4v) is 4.87. The van der Waals surface area contributed by atoms with E-state index in [0.29, 0.717) is 23.4 Å². The van der Waals surface area contributed by atoms with Crippen LogP contribution in [-0.4, -0.2) is 60.0 Å². The molecule has 5 nitrogen and oxygen atoms in total. The van der Waals surface area contributed by atoms with E-state index in [1.165, 1.54) is 6.07 Å². The maximum absolute atomic E-state index is 13.1. The second kappa shape index (κ2) is 13.0. The van der Waals surface area contributed by atoms with Gasteiger partial charge in [0, 0.05) is 48.9 Å². The SMILES string of the molecule is Nc1ccc(/C=C/c2ccc(/C=C/c3ccc(SN4CCN(CCO)CC4)cc3)cc2OC(F)(F)F)cc1. The van der Waals surface area contributed by atoms with Crippen molar-refractivity contribution < 1.29 is 23.0 Å². The average molecular weight is 542 g/mol. The molecule has 0 radical (unpaired) electrons. The van der Waals surface area contributed by atoms with Crippen molar-refractivity contribution in [3.05, 3.63) is 89.0 Å². The summed E-state index contributed by atoms with van der Waals surface area (Å²) in [5.74, 6) is -0.267. The van der Waals surface area contributed by atoms with Gasteiger partial charge in [-0.2, -0.15) is 0 Å². The number of halogens is 3. The standard InChI is InChI=1S/C29H30F3N3O2S/c30-29(31,32)37-28-21-24(4-10-25(28)9-3-23-5-11-26(33)12-6-23)2-1-22-7-13-27(14-8-22)38-35-17-15-34(16-18-35)19-20-36/h1-14,21,36H,15-20,33H2/b2-1+,9-3+. The van der Waals surface area contributed by atoms with E-state index < -0.39 is 6.36 Å². The molecule has 0 saturated carbocycles. The van der Waals surface area contributed by atoms with E-state index in [0.717, 1.165) is 42.2 Å². The van der Waals surface area contributed by atoms with Crippen LogP contribution in [0, 0.1) is 0 Å². The Bertz CT molecular complexity index is 1240. The number of alkyl halides is 3. The summed E-state index contributed by atoms with van der Waals surface area (Å²) in [4.78, 5) is 3.37. The van der Waals surface area contributed by atoms with Crippen molar-refractivity contribution >= 4 is 41.9 Å². The first-order valence-electron chi connectivity index (χ1n) is 12.3. The number of nitrogens with zero attached hydrogens (tertiary/aromatic N) is 2. The van der Waals surface area contributed by atoms with Crippen molar-refractivity contribution in [1.82, 2.24) is 9.21 Å². The lowest BCUT2D eigenvalue weighted by atomic mass is 10.1. The molecule has 200 valence electrons. The number of nitrogens with two attached hydrogens (primary N) is 1. The maximum atomic E-state index is 13.1. The first-order chi connectivity index (χ1) is 18.3. The molecule has 4 rings (SSSR count). The summed E-state index contributed by atoms with van der Waals surface area (Å²) >= 11 is 1.70. The number of benzene rings is 3. The molecule has 1 aliphatic heterocycles. The third-order valence-electron chi connectivity index (χ3n) is 5.99. The Morgan fingerprint density at radius 3 is 2.03 bits per heavy atom. The molecule has 0 atom stereocenters. The minimum atomic E-state index is -4.80. The predicted octanol–water partition coefficient (Wildman–Crippen LogP) is 6.13. The highest BCUT2D eigenvalue weighted by Gasteiger charge is 2.32. The van der Waals surface area contributed by atoms with Crippen molar-refractivity contribution in [3.8, 4) is 5.75 Å². The van der Waals surface area contributed by atoms with Gasteiger partial charge in [0.25, 0.3) is 0 Å². The minimum absolute atomic E-state index is 0.185. The van der Waals surface area contributed by atoms with Crippen LogP contribution in [0.3, 0.4) is 0 Å². The molecule has 3 aromatic rings. The van der Waals surface area contributed by atoms with Gasteiger partial charge in [-0.05, 0) is 59.0 Å². The lowest BCUT2D eigenvalue weighted by molar-refractivity contribution is -0.274. The summed E-state index contributed by atoms with van der Waals surface area (Å²) in [7, 11) is 0. The third-order valence-corrected chi connectivity index (χ3v) is 7.09. The summed E-state index contributed by atoms with van der Waals surface area (Å²) in [6.45, 7) is 4.63. The quantitative estimate of drug-likeness (QED) is 0.193. The number of anilines is 1. The van der Waals surface area contributed by atoms with Gasteiger partial charge in [-0.15, -0.1) is 13.2 Å². The average Bonchev–Trinajstić information content (AvgIpc) is 2.89. The van der Waals surface area contributed by atoms with E-state index in [4.69, 9.17) is 10.8 Å². The van der Waals surface area contributed by atoms with Crippen LogP contribution in [0.25, 0.3) is 24.3 Å². The van der Waals surface area contributed by atoms with Crippen LogP contribution in [0.15, 0.2) is 71.6 Å². The minimum Gasteiger partial charge on any atom is -0.405 e. The number of β-amino-alcohol motifs (C(OH)–C–C–N with tert-alkyl or cyclic N) is 1. The fraction of sp³-hybridized carbons (Fsp3) is 0.241. The Hall–Kier alpha value is -3.24. The van der Waals surface area contributed by atoms with Gasteiger partial charge < -0.3 is 15.6 Å². The van der Waals surface area contributed by atoms with Gasteiger partial charge in [-0.25, -0.2) is 4.31 Å². The Morgan fingerprint density at radius 1 is 0.816 bits per heavy atom. The maximum Gasteiger partial charge on any atom is 0.573 e. The molecule has 1 fully saturated rings. The number of aliphatic hydroxyl groups excluding tert-OH is 1. The molecule has 0 bridgehead atoms. The molecule has 0 unspecified atom stereocenters. The largest absolute Gasteiger partial charge is 0.573 e. The summed E-state index contributed by atoms with van der Waals surface area (Å²) in [6.07, 6.45) is 2.12. The molecular formula is C29H30F3N3O2S. The van der Waals surface area contributed by atoms with Crippen LogP contribution >= 0.6 is 11.9 Å². The summed E-state index contributed by atoms with van der Waals surface area (Å²) < 4.78 is 45.8. The predicted molar refractivity (Wildman–Crippen MR) is 149 cm³/mol. The van der Waals surface area contributed by atoms with Crippen LogP contribution < -0.4 is 10.5 Å². The zero-order chi connectivity index (χ0) is 27.0. The van der Waals surface area contributed by atoms with Crippen LogP contribution in [0.4, 0.5) is 18.9 Å². The number of hydrogen-bond donors (Lipinski definition) is 2. The Morgan fingerprint density at radius 2 is 1.39 bits per heavy atom. The molecule has 0 spiro atoms. The monoisotopic (exact) mass is 541 g/mol. The molecule has 1 heterocycles. The van der Waals surface area contributed by atoms with Crippen molar-refractivity contribution in [1.29, 1.82) is 0 Å². The first kappa shape index (κ1) is 27.8. The van der Waals surface area contributed by atoms with Crippen LogP contribution in [0.5, 0.6) is 5.75 Å². The number of piperazine rings is 1. The van der Waals surface area contributed by atoms with E-state index in [1.54, 1.807) is 66.6 Å². The lowest BCUT2D eigenvalue weighted by Gasteiger charge is -2.33. The highest BCUT2D eigenvalue weighted by molar-refractivity contribution is 7.97. The van der Waals surface area contributed by atoms with Gasteiger partial charge >= 0.3 is 6.36 Å². The van der Waals surface area contributed by atoms with E-state index in [-0.39, 0.29) is 12.4 Å². The molecule has 38 heavy (non-hydrogen) atoms. The van der Waals surface area contributed by atoms with E-state index >= 15 is 0 Å². The molecule has 3 aromatic carbocycles. The van der Waals surface area contributed by atoms with Crippen LogP contribution in [0.1, 0.15) is 22.3 Å². The first-order valence-corrected chi connectivity index (χ1v) is 13.0. The highest BCUT2D eigenvalue weighted by Crippen LogP contribution is 2.30. The van der Waals surface area contributed by atoms with Gasteiger partial charge in [0.05, 0.1) is 6.61 Å². The van der Waals surface area contributed by atoms with Crippen molar-refractivity contribution in [3.63, 3.8) is 0 Å². The molecule has 0 aliphatic carbocycles. The fourth-order valence-electron chi connectivity index (χ4n) is 3.97.